The van der Waals surface area contributed by atoms with Crippen molar-refractivity contribution >= 4 is 28.7 Å². The van der Waals surface area contributed by atoms with Crippen LogP contribution in [0.1, 0.15) is 15.4 Å². The summed E-state index contributed by atoms with van der Waals surface area (Å²) < 4.78 is 45.7. The number of benzene rings is 2. The molecule has 0 unspecified atom stereocenters. The first kappa shape index (κ1) is 22.3. The van der Waals surface area contributed by atoms with Gasteiger partial charge in [-0.15, -0.1) is 0 Å². The van der Waals surface area contributed by atoms with E-state index in [1.54, 1.807) is 73.8 Å². The fraction of sp³-hybridized carbons (Fsp3) is 0.0870. The lowest BCUT2D eigenvalue weighted by molar-refractivity contribution is -0.137. The summed E-state index contributed by atoms with van der Waals surface area (Å²) in [6.45, 7) is 0. The number of nitrogens with one attached hydrogen (secondary N) is 2. The van der Waals surface area contributed by atoms with Gasteiger partial charge in [-0.3, -0.25) is 4.79 Å². The molecule has 4 aromatic rings. The van der Waals surface area contributed by atoms with E-state index in [9.17, 15) is 18.0 Å². The van der Waals surface area contributed by atoms with Crippen molar-refractivity contribution in [3.63, 3.8) is 0 Å². The SMILES string of the molecule is CNC(=O)c1ccc(Nc2cc(Oc3sc(C(F)(F)F)nc3-c3ccccc3)ccn2)cc1. The Bertz CT molecular complexity index is 1260. The number of carbonyl (C=O) groups excluding carboxylic acids is 1. The molecule has 0 bridgehead atoms. The van der Waals surface area contributed by atoms with Crippen LogP contribution in [0, 0.1) is 0 Å². The zero-order chi connectivity index (χ0) is 23.4. The molecule has 10 heteroatoms. The molecule has 0 aliphatic heterocycles. The van der Waals surface area contributed by atoms with E-state index in [1.165, 1.54) is 6.20 Å². The number of alkyl halides is 3. The average Bonchev–Trinajstić information content (AvgIpc) is 3.24. The number of rotatable bonds is 6. The van der Waals surface area contributed by atoms with Crippen molar-refractivity contribution in [3.8, 4) is 22.1 Å². The van der Waals surface area contributed by atoms with Gasteiger partial charge in [0.1, 0.15) is 17.3 Å². The molecule has 0 saturated carbocycles. The third-order valence-electron chi connectivity index (χ3n) is 4.47. The van der Waals surface area contributed by atoms with Gasteiger partial charge in [-0.05, 0) is 30.3 Å². The third-order valence-corrected chi connectivity index (χ3v) is 5.45. The summed E-state index contributed by atoms with van der Waals surface area (Å²) in [6, 6.07) is 18.4. The Balaban J connectivity index is 1.58. The van der Waals surface area contributed by atoms with Crippen molar-refractivity contribution in [1.82, 2.24) is 15.3 Å². The van der Waals surface area contributed by atoms with Gasteiger partial charge in [0.15, 0.2) is 0 Å². The Labute approximate surface area is 191 Å². The lowest BCUT2D eigenvalue weighted by Gasteiger charge is -2.09. The van der Waals surface area contributed by atoms with Gasteiger partial charge in [0.25, 0.3) is 5.91 Å². The van der Waals surface area contributed by atoms with Crippen LogP contribution in [0.15, 0.2) is 72.9 Å². The van der Waals surface area contributed by atoms with Gasteiger partial charge in [0.05, 0.1) is 0 Å². The lowest BCUT2D eigenvalue weighted by atomic mass is 10.2. The normalized spacial score (nSPS) is 11.2. The highest BCUT2D eigenvalue weighted by Gasteiger charge is 2.37. The fourth-order valence-corrected chi connectivity index (χ4v) is 3.75. The maximum Gasteiger partial charge on any atom is 0.443 e. The maximum absolute atomic E-state index is 13.3. The number of amides is 1. The molecule has 2 heterocycles. The Morgan fingerprint density at radius 2 is 1.76 bits per heavy atom. The zero-order valence-corrected chi connectivity index (χ0v) is 18.0. The number of ether oxygens (including phenoxy) is 1. The molecule has 6 nitrogen and oxygen atoms in total. The van der Waals surface area contributed by atoms with Crippen molar-refractivity contribution < 1.29 is 22.7 Å². The summed E-state index contributed by atoms with van der Waals surface area (Å²) in [6.07, 6.45) is -3.11. The van der Waals surface area contributed by atoms with Crippen LogP contribution < -0.4 is 15.4 Å². The average molecular weight is 470 g/mol. The van der Waals surface area contributed by atoms with Crippen LogP contribution in [0.2, 0.25) is 0 Å². The first-order valence-corrected chi connectivity index (χ1v) is 10.5. The zero-order valence-electron chi connectivity index (χ0n) is 17.2. The van der Waals surface area contributed by atoms with Crippen LogP contribution in [0.25, 0.3) is 11.3 Å². The van der Waals surface area contributed by atoms with Gasteiger partial charge < -0.3 is 15.4 Å². The first-order chi connectivity index (χ1) is 15.8. The largest absolute Gasteiger partial charge is 0.444 e. The summed E-state index contributed by atoms with van der Waals surface area (Å²) in [4.78, 5) is 19.6. The Morgan fingerprint density at radius 1 is 1.03 bits per heavy atom. The summed E-state index contributed by atoms with van der Waals surface area (Å²) in [5.41, 5.74) is 1.81. The molecule has 33 heavy (non-hydrogen) atoms. The number of thiazole rings is 1. The Kier molecular flexibility index (Phi) is 6.27. The molecule has 0 radical (unpaired) electrons. The summed E-state index contributed by atoms with van der Waals surface area (Å²) in [5.74, 6) is 0.512. The minimum atomic E-state index is -4.58. The van der Waals surface area contributed by atoms with Crippen LogP contribution in [0.4, 0.5) is 24.7 Å². The minimum absolute atomic E-state index is 0.0283. The first-order valence-electron chi connectivity index (χ1n) is 9.70. The van der Waals surface area contributed by atoms with Crippen molar-refractivity contribution in [3.05, 3.63) is 83.5 Å². The number of carbonyl (C=O) groups is 1. The molecule has 1 amide bonds. The molecule has 4 rings (SSSR count). The van der Waals surface area contributed by atoms with Gasteiger partial charge >= 0.3 is 6.18 Å². The van der Waals surface area contributed by atoms with E-state index in [2.05, 4.69) is 20.6 Å². The minimum Gasteiger partial charge on any atom is -0.444 e. The number of hydrogen-bond acceptors (Lipinski definition) is 6. The molecule has 0 atom stereocenters. The quantitative estimate of drug-likeness (QED) is 0.355. The number of nitrogens with zero attached hydrogens (tertiary/aromatic N) is 2. The number of anilines is 2. The Hall–Kier alpha value is -3.92. The predicted octanol–water partition coefficient (Wildman–Crippen LogP) is 6.12. The van der Waals surface area contributed by atoms with E-state index >= 15 is 0 Å². The molecular formula is C23H17F3N4O2S. The van der Waals surface area contributed by atoms with E-state index in [4.69, 9.17) is 4.74 Å². The van der Waals surface area contributed by atoms with E-state index in [0.29, 0.717) is 39.7 Å². The van der Waals surface area contributed by atoms with Gasteiger partial charge in [0, 0.05) is 36.1 Å². The van der Waals surface area contributed by atoms with Crippen LogP contribution in [0.3, 0.4) is 0 Å². The molecule has 0 aliphatic rings. The standard InChI is InChI=1S/C23H17F3N4O2S/c1-27-20(31)15-7-9-16(10-8-15)29-18-13-17(11-12-28-18)32-21-19(14-5-3-2-4-6-14)30-22(33-21)23(24,25)26/h2-13H,1H3,(H,27,31)(H,28,29). The number of hydrogen-bond donors (Lipinski definition) is 2. The molecule has 2 N–H and O–H groups in total. The topological polar surface area (TPSA) is 76.1 Å². The van der Waals surface area contributed by atoms with Crippen LogP contribution in [0.5, 0.6) is 10.8 Å². The number of aromatic nitrogens is 2. The summed E-state index contributed by atoms with van der Waals surface area (Å²) >= 11 is 0.435. The third kappa shape index (κ3) is 5.29. The predicted molar refractivity (Wildman–Crippen MR) is 120 cm³/mol. The molecule has 0 spiro atoms. The molecule has 168 valence electrons. The lowest BCUT2D eigenvalue weighted by Crippen LogP contribution is -2.17. The van der Waals surface area contributed by atoms with E-state index < -0.39 is 11.2 Å². The molecule has 0 fully saturated rings. The molecule has 0 aliphatic carbocycles. The van der Waals surface area contributed by atoms with Crippen LogP contribution in [-0.4, -0.2) is 22.9 Å². The van der Waals surface area contributed by atoms with Gasteiger partial charge in [-0.25, -0.2) is 9.97 Å². The Morgan fingerprint density at radius 3 is 2.42 bits per heavy atom. The molecule has 2 aromatic heterocycles. The molecule has 2 aromatic carbocycles. The van der Waals surface area contributed by atoms with Gasteiger partial charge in [-0.1, -0.05) is 41.7 Å². The highest BCUT2D eigenvalue weighted by Crippen LogP contribution is 2.44. The second-order valence-electron chi connectivity index (χ2n) is 6.78. The van der Waals surface area contributed by atoms with Crippen LogP contribution in [-0.2, 0) is 6.18 Å². The second-order valence-corrected chi connectivity index (χ2v) is 7.74. The van der Waals surface area contributed by atoms with Crippen molar-refractivity contribution in [2.24, 2.45) is 0 Å². The van der Waals surface area contributed by atoms with Gasteiger partial charge in [-0.2, -0.15) is 13.2 Å². The van der Waals surface area contributed by atoms with Crippen molar-refractivity contribution in [2.45, 2.75) is 6.18 Å². The van der Waals surface area contributed by atoms with E-state index in [0.717, 1.165) is 0 Å². The maximum atomic E-state index is 13.3. The highest BCUT2D eigenvalue weighted by molar-refractivity contribution is 7.14. The smallest absolute Gasteiger partial charge is 0.443 e. The molecule has 0 saturated heterocycles. The summed E-state index contributed by atoms with van der Waals surface area (Å²) in [5, 5.41) is 4.66. The van der Waals surface area contributed by atoms with Crippen molar-refractivity contribution in [2.75, 3.05) is 12.4 Å². The summed E-state index contributed by atoms with van der Waals surface area (Å²) in [7, 11) is 1.55. The van der Waals surface area contributed by atoms with Crippen LogP contribution >= 0.6 is 11.3 Å². The fourth-order valence-electron chi connectivity index (χ4n) is 2.92. The number of pyridine rings is 1. The highest BCUT2D eigenvalue weighted by atomic mass is 32.1. The molecular weight excluding hydrogens is 453 g/mol. The van der Waals surface area contributed by atoms with E-state index in [-0.39, 0.29) is 16.7 Å². The van der Waals surface area contributed by atoms with E-state index in [1.807, 2.05) is 0 Å². The number of halogens is 3. The second kappa shape index (κ2) is 9.29. The monoisotopic (exact) mass is 470 g/mol. The van der Waals surface area contributed by atoms with Crippen molar-refractivity contribution in [1.29, 1.82) is 0 Å². The van der Waals surface area contributed by atoms with Gasteiger partial charge in [0.2, 0.25) is 10.1 Å².